The fourth-order valence-electron chi connectivity index (χ4n) is 1.92. The molecule has 0 aromatic carbocycles. The van der Waals surface area contributed by atoms with Gasteiger partial charge in [0, 0.05) is 43.5 Å². The molecule has 1 saturated heterocycles. The molecule has 0 saturated carbocycles. The van der Waals surface area contributed by atoms with E-state index in [1.54, 1.807) is 0 Å². The van der Waals surface area contributed by atoms with Crippen molar-refractivity contribution < 1.29 is 0 Å². The summed E-state index contributed by atoms with van der Waals surface area (Å²) in [6.07, 6.45) is 3.87. The van der Waals surface area contributed by atoms with Crippen LogP contribution in [0.1, 0.15) is 19.4 Å². The quantitative estimate of drug-likeness (QED) is 0.852. The minimum absolute atomic E-state index is 0. The fourth-order valence-corrected chi connectivity index (χ4v) is 1.92. The first-order valence-electron chi connectivity index (χ1n) is 5.21. The van der Waals surface area contributed by atoms with Crippen molar-refractivity contribution in [1.29, 1.82) is 0 Å². The van der Waals surface area contributed by atoms with Crippen LogP contribution in [0.25, 0.3) is 0 Å². The lowest BCUT2D eigenvalue weighted by atomic mass is 10.1. The first kappa shape index (κ1) is 15.7. The molecule has 2 heterocycles. The van der Waals surface area contributed by atoms with Gasteiger partial charge in [-0.1, -0.05) is 0 Å². The van der Waals surface area contributed by atoms with Gasteiger partial charge >= 0.3 is 0 Å². The maximum atomic E-state index is 3.96. The van der Waals surface area contributed by atoms with Gasteiger partial charge in [-0.05, 0) is 13.8 Å². The van der Waals surface area contributed by atoms with Crippen molar-refractivity contribution in [2.24, 2.45) is 0 Å². The number of nitrogens with one attached hydrogen (secondary N) is 2. The van der Waals surface area contributed by atoms with Crippen LogP contribution in [-0.4, -0.2) is 40.3 Å². The Morgan fingerprint density at radius 2 is 2.19 bits per heavy atom. The third-order valence-corrected chi connectivity index (χ3v) is 2.83. The van der Waals surface area contributed by atoms with Crippen LogP contribution < -0.4 is 5.32 Å². The maximum Gasteiger partial charge on any atom is 0.0532 e. The molecular formula is C10H20Cl2N4. The molecule has 1 fully saturated rings. The van der Waals surface area contributed by atoms with Gasteiger partial charge in [0.2, 0.25) is 0 Å². The molecule has 0 amide bonds. The molecule has 0 spiro atoms. The minimum atomic E-state index is 0. The molecule has 16 heavy (non-hydrogen) atoms. The van der Waals surface area contributed by atoms with E-state index in [0.717, 1.165) is 19.6 Å². The fraction of sp³-hybridized carbons (Fsp3) is 0.700. The van der Waals surface area contributed by atoms with E-state index in [1.807, 2.05) is 12.4 Å². The normalized spacial score (nSPS) is 25.6. The molecule has 1 aromatic heterocycles. The Labute approximate surface area is 109 Å². The van der Waals surface area contributed by atoms with Gasteiger partial charge in [-0.25, -0.2) is 0 Å². The van der Waals surface area contributed by atoms with E-state index < -0.39 is 0 Å². The third kappa shape index (κ3) is 3.94. The van der Waals surface area contributed by atoms with Crippen LogP contribution in [0.4, 0.5) is 0 Å². The van der Waals surface area contributed by atoms with E-state index in [2.05, 4.69) is 34.3 Å². The smallest absolute Gasteiger partial charge is 0.0532 e. The molecule has 0 radical (unpaired) electrons. The van der Waals surface area contributed by atoms with Crippen molar-refractivity contribution in [2.75, 3.05) is 13.1 Å². The molecule has 94 valence electrons. The topological polar surface area (TPSA) is 44.0 Å². The van der Waals surface area contributed by atoms with Crippen LogP contribution in [0.15, 0.2) is 12.4 Å². The van der Waals surface area contributed by atoms with E-state index in [0.29, 0.717) is 12.1 Å². The summed E-state index contributed by atoms with van der Waals surface area (Å²) in [7, 11) is 0. The minimum Gasteiger partial charge on any atom is -0.311 e. The highest BCUT2D eigenvalue weighted by atomic mass is 35.5. The highest BCUT2D eigenvalue weighted by Crippen LogP contribution is 2.10. The number of piperazine rings is 1. The number of hydrogen-bond donors (Lipinski definition) is 2. The highest BCUT2D eigenvalue weighted by molar-refractivity contribution is 5.85. The molecular weight excluding hydrogens is 247 g/mol. The zero-order valence-electron chi connectivity index (χ0n) is 9.64. The summed E-state index contributed by atoms with van der Waals surface area (Å²) in [4.78, 5) is 2.49. The molecule has 1 aliphatic heterocycles. The Morgan fingerprint density at radius 1 is 1.44 bits per heavy atom. The van der Waals surface area contributed by atoms with Gasteiger partial charge in [-0.15, -0.1) is 24.8 Å². The largest absolute Gasteiger partial charge is 0.311 e. The van der Waals surface area contributed by atoms with Crippen molar-refractivity contribution in [3.8, 4) is 0 Å². The second kappa shape index (κ2) is 7.12. The van der Waals surface area contributed by atoms with Gasteiger partial charge in [-0.3, -0.25) is 10.00 Å². The monoisotopic (exact) mass is 266 g/mol. The van der Waals surface area contributed by atoms with Crippen LogP contribution in [0.2, 0.25) is 0 Å². The number of nitrogens with zero attached hydrogens (tertiary/aromatic N) is 2. The second-order valence-electron chi connectivity index (χ2n) is 4.19. The molecule has 1 aromatic rings. The summed E-state index contributed by atoms with van der Waals surface area (Å²) < 4.78 is 0. The number of hydrogen-bond acceptors (Lipinski definition) is 3. The Hall–Kier alpha value is -0.290. The number of H-pyrrole nitrogens is 1. The summed E-state index contributed by atoms with van der Waals surface area (Å²) in [6.45, 7) is 7.70. The Kier molecular flexibility index (Phi) is 6.99. The summed E-state index contributed by atoms with van der Waals surface area (Å²) >= 11 is 0. The van der Waals surface area contributed by atoms with E-state index in [4.69, 9.17) is 0 Å². The van der Waals surface area contributed by atoms with Crippen molar-refractivity contribution in [3.63, 3.8) is 0 Å². The molecule has 2 N–H and O–H groups in total. The van der Waals surface area contributed by atoms with Crippen LogP contribution >= 0.6 is 24.8 Å². The van der Waals surface area contributed by atoms with Gasteiger partial charge in [0.25, 0.3) is 0 Å². The van der Waals surface area contributed by atoms with Crippen molar-refractivity contribution in [3.05, 3.63) is 18.0 Å². The first-order valence-corrected chi connectivity index (χ1v) is 5.21. The standard InChI is InChI=1S/C10H18N4.2ClH/c1-8-6-14(9(2)3-11-8)7-10-4-12-13-5-10;;/h4-5,8-9,11H,3,6-7H2,1-2H3,(H,12,13);2*1H/t8-,9+;;/m1../s1. The lowest BCUT2D eigenvalue weighted by Gasteiger charge is -2.37. The summed E-state index contributed by atoms with van der Waals surface area (Å²) in [5.41, 5.74) is 1.27. The second-order valence-corrected chi connectivity index (χ2v) is 4.19. The summed E-state index contributed by atoms with van der Waals surface area (Å²) in [5, 5.41) is 10.3. The van der Waals surface area contributed by atoms with E-state index in [1.165, 1.54) is 5.56 Å². The predicted octanol–water partition coefficient (Wildman–Crippen LogP) is 1.44. The lowest BCUT2D eigenvalue weighted by molar-refractivity contribution is 0.139. The molecule has 0 bridgehead atoms. The van der Waals surface area contributed by atoms with E-state index >= 15 is 0 Å². The van der Waals surface area contributed by atoms with E-state index in [9.17, 15) is 0 Å². The van der Waals surface area contributed by atoms with Crippen LogP contribution in [0.5, 0.6) is 0 Å². The van der Waals surface area contributed by atoms with Crippen LogP contribution in [0, 0.1) is 0 Å². The Bertz CT molecular complexity index is 278. The Morgan fingerprint density at radius 3 is 2.81 bits per heavy atom. The SMILES string of the molecule is C[C@@H]1CN(Cc2cn[nH]c2)[C@@H](C)CN1.Cl.Cl. The van der Waals surface area contributed by atoms with E-state index in [-0.39, 0.29) is 24.8 Å². The lowest BCUT2D eigenvalue weighted by Crippen LogP contribution is -2.53. The Balaban J connectivity index is 0.00000112. The van der Waals surface area contributed by atoms with Crippen molar-refractivity contribution in [1.82, 2.24) is 20.4 Å². The molecule has 0 aliphatic carbocycles. The number of aromatic amines is 1. The van der Waals surface area contributed by atoms with Gasteiger partial charge in [-0.2, -0.15) is 5.10 Å². The van der Waals surface area contributed by atoms with Gasteiger partial charge in [0.05, 0.1) is 6.20 Å². The van der Waals surface area contributed by atoms with Crippen LogP contribution in [0.3, 0.4) is 0 Å². The number of aromatic nitrogens is 2. The summed E-state index contributed by atoms with van der Waals surface area (Å²) in [5.74, 6) is 0. The molecule has 2 rings (SSSR count). The number of rotatable bonds is 2. The molecule has 1 aliphatic rings. The molecule has 0 unspecified atom stereocenters. The highest BCUT2D eigenvalue weighted by Gasteiger charge is 2.22. The average Bonchev–Trinajstić information content (AvgIpc) is 2.64. The molecule has 2 atom stereocenters. The molecule has 6 heteroatoms. The summed E-state index contributed by atoms with van der Waals surface area (Å²) in [6, 6.07) is 1.21. The van der Waals surface area contributed by atoms with Gasteiger partial charge < -0.3 is 5.32 Å². The number of halogens is 2. The van der Waals surface area contributed by atoms with Gasteiger partial charge in [0.1, 0.15) is 0 Å². The zero-order chi connectivity index (χ0) is 9.97. The third-order valence-electron chi connectivity index (χ3n) is 2.83. The average molecular weight is 267 g/mol. The predicted molar refractivity (Wildman–Crippen MR) is 70.4 cm³/mol. The zero-order valence-corrected chi connectivity index (χ0v) is 11.3. The molecule has 4 nitrogen and oxygen atoms in total. The van der Waals surface area contributed by atoms with Gasteiger partial charge in [0.15, 0.2) is 0 Å². The van der Waals surface area contributed by atoms with Crippen molar-refractivity contribution >= 4 is 24.8 Å². The van der Waals surface area contributed by atoms with Crippen molar-refractivity contribution in [2.45, 2.75) is 32.5 Å². The van der Waals surface area contributed by atoms with Crippen LogP contribution in [-0.2, 0) is 6.54 Å². The first-order chi connectivity index (χ1) is 6.75. The maximum absolute atomic E-state index is 3.96.